The maximum Gasteiger partial charge on any atom is 0.270 e. The number of pyridine rings is 1. The molecule has 4 rings (SSSR count). The van der Waals surface area contributed by atoms with Crippen LogP contribution < -0.4 is 0 Å². The number of non-ortho nitro benzene ring substituents is 1. The molecule has 0 spiro atoms. The van der Waals surface area contributed by atoms with Gasteiger partial charge in [-0.2, -0.15) is 5.06 Å². The van der Waals surface area contributed by atoms with Gasteiger partial charge in [0.05, 0.1) is 22.0 Å². The number of nitrogens with zero attached hydrogens (tertiary/aromatic N) is 7. The molecule has 0 fully saturated rings. The summed E-state index contributed by atoms with van der Waals surface area (Å²) in [5, 5.41) is 21.8. The smallest absolute Gasteiger partial charge is 0.270 e. The van der Waals surface area contributed by atoms with Gasteiger partial charge in [0.2, 0.25) is 0 Å². The molecule has 1 aliphatic heterocycles. The summed E-state index contributed by atoms with van der Waals surface area (Å²) in [6.07, 6.45) is 1.67. The number of nitro benzene ring substituents is 1. The highest BCUT2D eigenvalue weighted by Crippen LogP contribution is 2.28. The Bertz CT molecular complexity index is 1090. The van der Waals surface area contributed by atoms with Crippen LogP contribution in [0.3, 0.4) is 0 Å². The van der Waals surface area contributed by atoms with Crippen LogP contribution in [0.4, 0.5) is 5.69 Å². The van der Waals surface area contributed by atoms with E-state index in [4.69, 9.17) is 4.84 Å². The lowest BCUT2D eigenvalue weighted by molar-refractivity contribution is -0.384. The van der Waals surface area contributed by atoms with Crippen molar-refractivity contribution in [1.82, 2.24) is 24.8 Å². The van der Waals surface area contributed by atoms with Crippen molar-refractivity contribution in [3.8, 4) is 5.69 Å². The average Bonchev–Trinajstić information content (AvgIpc) is 3.10. The number of fused-ring (bicyclic) bond motifs is 3. The van der Waals surface area contributed by atoms with Crippen LogP contribution in [-0.4, -0.2) is 48.5 Å². The van der Waals surface area contributed by atoms with Crippen molar-refractivity contribution < 1.29 is 9.76 Å². The number of nitro groups is 1. The molecular weight excluding hydrogens is 386 g/mol. The van der Waals surface area contributed by atoms with Crippen LogP contribution in [0.15, 0.2) is 47.6 Å². The van der Waals surface area contributed by atoms with Crippen molar-refractivity contribution in [3.63, 3.8) is 0 Å². The van der Waals surface area contributed by atoms with Gasteiger partial charge in [-0.1, -0.05) is 19.9 Å². The van der Waals surface area contributed by atoms with Gasteiger partial charge in [-0.25, -0.2) is 0 Å². The Kier molecular flexibility index (Phi) is 5.59. The third-order valence-corrected chi connectivity index (χ3v) is 4.85. The second-order valence-electron chi connectivity index (χ2n) is 6.59. The molecule has 1 aromatic carbocycles. The van der Waals surface area contributed by atoms with Crippen molar-refractivity contribution in [3.05, 3.63) is 75.6 Å². The average molecular weight is 407 g/mol. The van der Waals surface area contributed by atoms with Crippen molar-refractivity contribution in [2.75, 3.05) is 13.1 Å². The summed E-state index contributed by atoms with van der Waals surface area (Å²) in [5.41, 5.74) is 2.51. The van der Waals surface area contributed by atoms with E-state index in [9.17, 15) is 10.1 Å². The van der Waals surface area contributed by atoms with E-state index in [2.05, 4.69) is 20.2 Å². The van der Waals surface area contributed by atoms with Gasteiger partial charge in [0.15, 0.2) is 11.6 Å². The van der Waals surface area contributed by atoms with Crippen LogP contribution in [0.2, 0.25) is 0 Å². The van der Waals surface area contributed by atoms with Gasteiger partial charge in [0.1, 0.15) is 13.2 Å². The fourth-order valence-corrected chi connectivity index (χ4v) is 3.36. The molecule has 10 heteroatoms. The standard InChI is InChI=1S/C20H21N7O3/c1-3-25(4-2)30-13-19-24-23-18-12-22-20(16-7-5-6-10-21-16)15-11-14(27(28)29)8-9-17(15)26(18)19/h5-11H,3-4,12-13H2,1-2H3. The monoisotopic (exact) mass is 407 g/mol. The summed E-state index contributed by atoms with van der Waals surface area (Å²) in [4.78, 5) is 25.9. The number of hydrogen-bond acceptors (Lipinski definition) is 8. The SMILES string of the molecule is CCN(CC)OCc1nnc2n1-c1ccc([N+](=O)[O-])cc1C(c1ccccn1)=NC2. The van der Waals surface area contributed by atoms with E-state index in [1.54, 1.807) is 12.3 Å². The zero-order valence-electron chi connectivity index (χ0n) is 16.7. The number of rotatable bonds is 7. The number of aliphatic imine (C=N–C) groups is 1. The highest BCUT2D eigenvalue weighted by atomic mass is 16.7. The number of aromatic nitrogens is 4. The Labute approximate surface area is 173 Å². The minimum atomic E-state index is -0.418. The number of hydrogen-bond donors (Lipinski definition) is 0. The van der Waals surface area contributed by atoms with Crippen LogP contribution in [0, 0.1) is 10.1 Å². The molecule has 0 radical (unpaired) electrons. The minimum absolute atomic E-state index is 0.0187. The summed E-state index contributed by atoms with van der Waals surface area (Å²) >= 11 is 0. The molecule has 10 nitrogen and oxygen atoms in total. The second-order valence-corrected chi connectivity index (χ2v) is 6.59. The summed E-state index contributed by atoms with van der Waals surface area (Å²) in [5.74, 6) is 1.23. The number of benzene rings is 1. The van der Waals surface area contributed by atoms with Gasteiger partial charge >= 0.3 is 0 Å². The predicted octanol–water partition coefficient (Wildman–Crippen LogP) is 2.69. The molecule has 0 atom stereocenters. The van der Waals surface area contributed by atoms with Crippen LogP contribution >= 0.6 is 0 Å². The predicted molar refractivity (Wildman–Crippen MR) is 109 cm³/mol. The zero-order chi connectivity index (χ0) is 21.1. The minimum Gasteiger partial charge on any atom is -0.291 e. The molecule has 0 saturated carbocycles. The van der Waals surface area contributed by atoms with Crippen LogP contribution in [0.25, 0.3) is 5.69 Å². The van der Waals surface area contributed by atoms with E-state index < -0.39 is 4.92 Å². The molecule has 154 valence electrons. The fourth-order valence-electron chi connectivity index (χ4n) is 3.36. The van der Waals surface area contributed by atoms with E-state index in [0.29, 0.717) is 34.3 Å². The molecule has 0 N–H and O–H groups in total. The van der Waals surface area contributed by atoms with Gasteiger partial charge in [-0.3, -0.25) is 29.5 Å². The lowest BCUT2D eigenvalue weighted by atomic mass is 10.0. The molecule has 0 aliphatic carbocycles. The van der Waals surface area contributed by atoms with E-state index in [-0.39, 0.29) is 18.8 Å². The maximum atomic E-state index is 11.4. The Morgan fingerprint density at radius 3 is 2.73 bits per heavy atom. The quantitative estimate of drug-likeness (QED) is 0.437. The molecule has 3 heterocycles. The van der Waals surface area contributed by atoms with Crippen LogP contribution in [0.5, 0.6) is 0 Å². The van der Waals surface area contributed by atoms with Gasteiger partial charge in [-0.05, 0) is 18.2 Å². The van der Waals surface area contributed by atoms with Crippen molar-refractivity contribution in [2.45, 2.75) is 27.0 Å². The first-order valence-electron chi connectivity index (χ1n) is 9.68. The molecule has 0 unspecified atom stereocenters. The topological polar surface area (TPSA) is 112 Å². The first-order chi connectivity index (χ1) is 14.6. The molecule has 1 aliphatic rings. The van der Waals surface area contributed by atoms with Crippen molar-refractivity contribution in [2.24, 2.45) is 4.99 Å². The highest BCUT2D eigenvalue weighted by Gasteiger charge is 2.25. The third-order valence-electron chi connectivity index (χ3n) is 4.85. The number of hydroxylamine groups is 2. The maximum absolute atomic E-state index is 11.4. The summed E-state index contributed by atoms with van der Waals surface area (Å²) in [7, 11) is 0. The van der Waals surface area contributed by atoms with E-state index >= 15 is 0 Å². The van der Waals surface area contributed by atoms with Gasteiger partial charge < -0.3 is 0 Å². The highest BCUT2D eigenvalue weighted by molar-refractivity contribution is 6.14. The Morgan fingerprint density at radius 2 is 2.03 bits per heavy atom. The summed E-state index contributed by atoms with van der Waals surface area (Å²) in [6.45, 7) is 6.00. The fraction of sp³-hybridized carbons (Fsp3) is 0.300. The van der Waals surface area contributed by atoms with Gasteiger partial charge in [0, 0.05) is 37.0 Å². The lowest BCUT2D eigenvalue weighted by Gasteiger charge is -2.18. The van der Waals surface area contributed by atoms with E-state index in [1.807, 2.05) is 41.7 Å². The van der Waals surface area contributed by atoms with Gasteiger partial charge in [-0.15, -0.1) is 10.2 Å². The van der Waals surface area contributed by atoms with Crippen LogP contribution in [0.1, 0.15) is 36.8 Å². The first-order valence-corrected chi connectivity index (χ1v) is 9.68. The third kappa shape index (κ3) is 3.70. The summed E-state index contributed by atoms with van der Waals surface area (Å²) < 4.78 is 1.86. The van der Waals surface area contributed by atoms with Gasteiger partial charge in [0.25, 0.3) is 5.69 Å². The van der Waals surface area contributed by atoms with Crippen LogP contribution in [-0.2, 0) is 18.0 Å². The second kappa shape index (κ2) is 8.47. The van der Waals surface area contributed by atoms with E-state index in [1.165, 1.54) is 12.1 Å². The van der Waals surface area contributed by atoms with E-state index in [0.717, 1.165) is 13.1 Å². The molecule has 2 aromatic heterocycles. The molecule has 30 heavy (non-hydrogen) atoms. The Morgan fingerprint density at radius 1 is 1.20 bits per heavy atom. The lowest BCUT2D eigenvalue weighted by Crippen LogP contribution is -2.24. The zero-order valence-corrected chi connectivity index (χ0v) is 16.7. The first kappa shape index (κ1) is 19.8. The molecular formula is C20H21N7O3. The Balaban J connectivity index is 1.83. The summed E-state index contributed by atoms with van der Waals surface area (Å²) in [6, 6.07) is 10.2. The van der Waals surface area contributed by atoms with Crippen molar-refractivity contribution in [1.29, 1.82) is 0 Å². The van der Waals surface area contributed by atoms with Crippen molar-refractivity contribution >= 4 is 11.4 Å². The molecule has 0 saturated heterocycles. The Hall–Kier alpha value is -3.50. The molecule has 3 aromatic rings. The largest absolute Gasteiger partial charge is 0.291 e. The molecule has 0 amide bonds. The normalized spacial score (nSPS) is 12.8. The molecule has 0 bridgehead atoms.